The molecule has 6 heteroatoms. The highest BCUT2D eigenvalue weighted by molar-refractivity contribution is 6.42. The van der Waals surface area contributed by atoms with Crippen LogP contribution in [0.15, 0.2) is 18.2 Å². The zero-order valence-corrected chi connectivity index (χ0v) is 13.0. The van der Waals surface area contributed by atoms with E-state index in [2.05, 4.69) is 18.9 Å². The van der Waals surface area contributed by atoms with Crippen molar-refractivity contribution >= 4 is 29.2 Å². The Labute approximate surface area is 128 Å². The first-order valence-corrected chi connectivity index (χ1v) is 7.27. The quantitative estimate of drug-likeness (QED) is 0.931. The molecule has 1 fully saturated rings. The summed E-state index contributed by atoms with van der Waals surface area (Å²) in [6.45, 7) is 4.39. The highest BCUT2D eigenvalue weighted by Gasteiger charge is 2.32. The molecule has 2 unspecified atom stereocenters. The number of nitrogens with zero attached hydrogens (tertiary/aromatic N) is 2. The average molecular weight is 317 g/mol. The summed E-state index contributed by atoms with van der Waals surface area (Å²) in [5.74, 6) is -0.861. The van der Waals surface area contributed by atoms with Crippen molar-refractivity contribution < 1.29 is 9.90 Å². The summed E-state index contributed by atoms with van der Waals surface area (Å²) < 4.78 is 0. The molecule has 1 aromatic rings. The molecule has 4 nitrogen and oxygen atoms in total. The number of carboxylic acid groups (broad SMARTS) is 1. The first kappa shape index (κ1) is 15.6. The topological polar surface area (TPSA) is 43.8 Å². The second kappa shape index (κ2) is 6.31. The fraction of sp³-hybridized carbons (Fsp3) is 0.500. The lowest BCUT2D eigenvalue weighted by Gasteiger charge is -2.40. The van der Waals surface area contributed by atoms with Crippen molar-refractivity contribution in [3.8, 4) is 0 Å². The standard InChI is InChI=1S/C14H18Cl2N2O2/c1-9-8-18(6-5-17(9)2)13(14(19)20)10-3-4-11(15)12(16)7-10/h3-4,7,9,13H,5-6,8H2,1-2H3,(H,19,20). The van der Waals surface area contributed by atoms with Crippen LogP contribution in [0, 0.1) is 0 Å². The Morgan fingerprint density at radius 3 is 2.60 bits per heavy atom. The molecule has 1 aromatic carbocycles. The van der Waals surface area contributed by atoms with Gasteiger partial charge in [0.25, 0.3) is 0 Å². The number of halogens is 2. The maximum absolute atomic E-state index is 11.7. The first-order valence-electron chi connectivity index (χ1n) is 6.52. The highest BCUT2D eigenvalue weighted by Crippen LogP contribution is 2.29. The molecule has 0 amide bonds. The minimum Gasteiger partial charge on any atom is -0.480 e. The molecule has 0 aliphatic carbocycles. The van der Waals surface area contributed by atoms with E-state index in [1.54, 1.807) is 18.2 Å². The minimum absolute atomic E-state index is 0.327. The fourth-order valence-electron chi connectivity index (χ4n) is 2.50. The lowest BCUT2D eigenvalue weighted by molar-refractivity contribution is -0.144. The summed E-state index contributed by atoms with van der Waals surface area (Å²) in [6, 6.07) is 4.67. The fourth-order valence-corrected chi connectivity index (χ4v) is 2.81. The molecule has 0 bridgehead atoms. The van der Waals surface area contributed by atoms with Gasteiger partial charge in [-0.05, 0) is 31.7 Å². The summed E-state index contributed by atoms with van der Waals surface area (Å²) in [4.78, 5) is 15.9. The van der Waals surface area contributed by atoms with Crippen molar-refractivity contribution in [2.75, 3.05) is 26.7 Å². The zero-order chi connectivity index (χ0) is 14.9. The number of carboxylic acids is 1. The van der Waals surface area contributed by atoms with Gasteiger partial charge in [-0.3, -0.25) is 9.69 Å². The van der Waals surface area contributed by atoms with Crippen LogP contribution in [0.25, 0.3) is 0 Å². The molecule has 1 saturated heterocycles. The van der Waals surface area contributed by atoms with Crippen molar-refractivity contribution in [1.82, 2.24) is 9.80 Å². The van der Waals surface area contributed by atoms with Gasteiger partial charge in [0.1, 0.15) is 6.04 Å². The Balaban J connectivity index is 2.27. The molecule has 2 atom stereocenters. The van der Waals surface area contributed by atoms with E-state index >= 15 is 0 Å². The van der Waals surface area contributed by atoms with Gasteiger partial charge in [0.05, 0.1) is 10.0 Å². The summed E-state index contributed by atoms with van der Waals surface area (Å²) in [5.41, 5.74) is 0.670. The molecule has 0 radical (unpaired) electrons. The van der Waals surface area contributed by atoms with Gasteiger partial charge in [0, 0.05) is 25.7 Å². The van der Waals surface area contributed by atoms with Crippen LogP contribution in [-0.2, 0) is 4.79 Å². The lowest BCUT2D eigenvalue weighted by atomic mass is 10.0. The van der Waals surface area contributed by atoms with Gasteiger partial charge in [-0.1, -0.05) is 29.3 Å². The number of likely N-dealkylation sites (N-methyl/N-ethyl adjacent to an activating group) is 1. The third kappa shape index (κ3) is 3.26. The number of benzene rings is 1. The van der Waals surface area contributed by atoms with Crippen LogP contribution in [-0.4, -0.2) is 53.6 Å². The Morgan fingerprint density at radius 1 is 1.35 bits per heavy atom. The molecule has 1 heterocycles. The first-order chi connectivity index (χ1) is 9.40. The van der Waals surface area contributed by atoms with Crippen molar-refractivity contribution in [3.05, 3.63) is 33.8 Å². The lowest BCUT2D eigenvalue weighted by Crippen LogP contribution is -2.52. The van der Waals surface area contributed by atoms with Gasteiger partial charge < -0.3 is 10.0 Å². The van der Waals surface area contributed by atoms with E-state index in [4.69, 9.17) is 23.2 Å². The predicted molar refractivity (Wildman–Crippen MR) is 80.5 cm³/mol. The van der Waals surface area contributed by atoms with Crippen molar-refractivity contribution in [2.45, 2.75) is 19.0 Å². The molecule has 110 valence electrons. The van der Waals surface area contributed by atoms with Crippen LogP contribution >= 0.6 is 23.2 Å². The Morgan fingerprint density at radius 2 is 2.05 bits per heavy atom. The largest absolute Gasteiger partial charge is 0.480 e. The summed E-state index contributed by atoms with van der Waals surface area (Å²) in [7, 11) is 2.05. The van der Waals surface area contributed by atoms with E-state index in [0.29, 0.717) is 28.2 Å². The van der Waals surface area contributed by atoms with Gasteiger partial charge in [0.15, 0.2) is 0 Å². The van der Waals surface area contributed by atoms with Crippen LogP contribution < -0.4 is 0 Å². The Bertz CT molecular complexity index is 510. The SMILES string of the molecule is CC1CN(C(C(=O)O)c2ccc(Cl)c(Cl)c2)CCN1C. The molecule has 1 N–H and O–H groups in total. The van der Waals surface area contributed by atoms with Gasteiger partial charge in [-0.25, -0.2) is 0 Å². The number of hydrogen-bond acceptors (Lipinski definition) is 3. The summed E-state index contributed by atoms with van der Waals surface area (Å²) in [5, 5.41) is 10.4. The molecule has 0 aromatic heterocycles. The molecular weight excluding hydrogens is 299 g/mol. The van der Waals surface area contributed by atoms with Crippen LogP contribution in [0.1, 0.15) is 18.5 Å². The Hall–Kier alpha value is -0.810. The molecule has 1 aliphatic rings. The van der Waals surface area contributed by atoms with E-state index in [9.17, 15) is 9.90 Å². The van der Waals surface area contributed by atoms with Crippen molar-refractivity contribution in [1.29, 1.82) is 0 Å². The number of carbonyl (C=O) groups is 1. The molecule has 2 rings (SSSR count). The van der Waals surface area contributed by atoms with Gasteiger partial charge in [0.2, 0.25) is 0 Å². The maximum Gasteiger partial charge on any atom is 0.325 e. The maximum atomic E-state index is 11.7. The smallest absolute Gasteiger partial charge is 0.325 e. The summed E-state index contributed by atoms with van der Waals surface area (Å²) >= 11 is 11.9. The molecular formula is C14H18Cl2N2O2. The average Bonchev–Trinajstić information content (AvgIpc) is 2.38. The van der Waals surface area contributed by atoms with Gasteiger partial charge >= 0.3 is 5.97 Å². The Kier molecular flexibility index (Phi) is 4.91. The molecule has 0 spiro atoms. The van der Waals surface area contributed by atoms with E-state index in [0.717, 1.165) is 13.1 Å². The highest BCUT2D eigenvalue weighted by atomic mass is 35.5. The minimum atomic E-state index is -0.861. The number of hydrogen-bond donors (Lipinski definition) is 1. The normalized spacial score (nSPS) is 22.7. The second-order valence-corrected chi connectivity index (χ2v) is 6.05. The van der Waals surface area contributed by atoms with E-state index in [1.807, 2.05) is 4.90 Å². The third-order valence-electron chi connectivity index (χ3n) is 3.85. The monoisotopic (exact) mass is 316 g/mol. The predicted octanol–water partition coefficient (Wildman–Crippen LogP) is 2.76. The van der Waals surface area contributed by atoms with Crippen LogP contribution in [0.5, 0.6) is 0 Å². The van der Waals surface area contributed by atoms with Gasteiger partial charge in [-0.2, -0.15) is 0 Å². The molecule has 20 heavy (non-hydrogen) atoms. The number of piperazine rings is 1. The molecule has 0 saturated carbocycles. The zero-order valence-electron chi connectivity index (χ0n) is 11.5. The van der Waals surface area contributed by atoms with Crippen LogP contribution in [0.4, 0.5) is 0 Å². The van der Waals surface area contributed by atoms with E-state index < -0.39 is 12.0 Å². The second-order valence-electron chi connectivity index (χ2n) is 5.24. The number of rotatable bonds is 3. The van der Waals surface area contributed by atoms with E-state index in [-0.39, 0.29) is 0 Å². The molecule has 1 aliphatic heterocycles. The van der Waals surface area contributed by atoms with Gasteiger partial charge in [-0.15, -0.1) is 0 Å². The van der Waals surface area contributed by atoms with Crippen molar-refractivity contribution in [3.63, 3.8) is 0 Å². The van der Waals surface area contributed by atoms with Crippen LogP contribution in [0.3, 0.4) is 0 Å². The van der Waals surface area contributed by atoms with E-state index in [1.165, 1.54) is 0 Å². The third-order valence-corrected chi connectivity index (χ3v) is 4.59. The van der Waals surface area contributed by atoms with Crippen LogP contribution in [0.2, 0.25) is 10.0 Å². The summed E-state index contributed by atoms with van der Waals surface area (Å²) in [6.07, 6.45) is 0. The van der Waals surface area contributed by atoms with Crippen molar-refractivity contribution in [2.24, 2.45) is 0 Å². The number of aliphatic carboxylic acids is 1.